The predicted octanol–water partition coefficient (Wildman–Crippen LogP) is 2.86. The van der Waals surface area contributed by atoms with E-state index in [-0.39, 0.29) is 0 Å². The van der Waals surface area contributed by atoms with Gasteiger partial charge in [-0.05, 0) is 62.2 Å². The minimum atomic E-state index is 0.869. The van der Waals surface area contributed by atoms with E-state index < -0.39 is 0 Å². The van der Waals surface area contributed by atoms with Gasteiger partial charge in [-0.3, -0.25) is 0 Å². The second kappa shape index (κ2) is 6.55. The van der Waals surface area contributed by atoms with E-state index in [1.165, 1.54) is 38.5 Å². The molecule has 2 saturated carbocycles. The fourth-order valence-electron chi connectivity index (χ4n) is 3.43. The molecular formula is C15H26OSi. The van der Waals surface area contributed by atoms with Crippen LogP contribution in [0.25, 0.3) is 0 Å². The van der Waals surface area contributed by atoms with E-state index in [2.05, 4.69) is 28.7 Å². The summed E-state index contributed by atoms with van der Waals surface area (Å²) in [6.07, 6.45) is 18.4. The minimum absolute atomic E-state index is 0.869. The molecule has 96 valence electrons. The van der Waals surface area contributed by atoms with E-state index in [4.69, 9.17) is 0 Å². The molecule has 0 spiro atoms. The Morgan fingerprint density at radius 2 is 1.00 bits per heavy atom. The van der Waals surface area contributed by atoms with Gasteiger partial charge in [0.2, 0.25) is 0 Å². The highest BCUT2D eigenvalue weighted by Crippen LogP contribution is 2.38. The van der Waals surface area contributed by atoms with Gasteiger partial charge >= 0.3 is 0 Å². The Hall–Kier alpha value is -0.343. The number of rotatable bonds is 0. The molecule has 1 nitrogen and oxygen atoms in total. The van der Waals surface area contributed by atoms with Gasteiger partial charge in [0.05, 0.1) is 0 Å². The van der Waals surface area contributed by atoms with Gasteiger partial charge in [0.15, 0.2) is 0 Å². The molecule has 4 atom stereocenters. The molecule has 0 N–H and O–H groups in total. The third kappa shape index (κ3) is 3.82. The molecule has 4 unspecified atom stereocenters. The summed E-state index contributed by atoms with van der Waals surface area (Å²) in [6, 6.07) is 0. The fourth-order valence-corrected chi connectivity index (χ4v) is 3.43. The van der Waals surface area contributed by atoms with Crippen LogP contribution in [0.1, 0.15) is 38.5 Å². The van der Waals surface area contributed by atoms with Crippen LogP contribution < -0.4 is 0 Å². The number of hydrogen-bond donors (Lipinski definition) is 0. The molecule has 0 aromatic rings. The molecule has 0 radical (unpaired) electrons. The van der Waals surface area contributed by atoms with Crippen molar-refractivity contribution in [2.75, 3.05) is 7.11 Å². The average molecular weight is 250 g/mol. The topological polar surface area (TPSA) is 9.23 Å². The largest absolute Gasteiger partial charge is 0.431 e. The summed E-state index contributed by atoms with van der Waals surface area (Å²) in [5.74, 6) is 3.96. The first-order valence-electron chi connectivity index (χ1n) is 7.08. The van der Waals surface area contributed by atoms with Gasteiger partial charge in [-0.1, -0.05) is 24.3 Å². The summed E-state index contributed by atoms with van der Waals surface area (Å²) in [7, 11) is 2.56. The molecule has 0 amide bonds. The van der Waals surface area contributed by atoms with Gasteiger partial charge in [0.25, 0.3) is 0 Å². The second-order valence-corrected chi connectivity index (χ2v) is 6.66. The molecule has 0 heterocycles. The third-order valence-electron chi connectivity index (χ3n) is 4.34. The summed E-state index contributed by atoms with van der Waals surface area (Å²) in [4.78, 5) is 0. The highest BCUT2D eigenvalue weighted by atomic mass is 28.2. The zero-order chi connectivity index (χ0) is 12.1. The van der Waals surface area contributed by atoms with Crippen molar-refractivity contribution in [3.05, 3.63) is 24.3 Å². The van der Waals surface area contributed by atoms with Gasteiger partial charge in [-0.2, -0.15) is 0 Å². The molecule has 0 saturated heterocycles. The van der Waals surface area contributed by atoms with Crippen LogP contribution in [0.3, 0.4) is 0 Å². The molecule has 0 aliphatic heterocycles. The first kappa shape index (κ1) is 13.1. The molecule has 0 aromatic carbocycles. The Morgan fingerprint density at radius 3 is 1.06 bits per heavy atom. The summed E-state index contributed by atoms with van der Waals surface area (Å²) in [6.45, 7) is 0. The third-order valence-corrected chi connectivity index (χ3v) is 4.34. The van der Waals surface area contributed by atoms with Crippen molar-refractivity contribution in [1.29, 1.82) is 0 Å². The summed E-state index contributed by atoms with van der Waals surface area (Å²) < 4.78 is 4.39. The molecule has 2 heteroatoms. The van der Waals surface area contributed by atoms with E-state index in [0.717, 1.165) is 34.2 Å². The van der Waals surface area contributed by atoms with Gasteiger partial charge in [-0.15, -0.1) is 0 Å². The first-order chi connectivity index (χ1) is 8.31. The number of hydrogen-bond acceptors (Lipinski definition) is 1. The van der Waals surface area contributed by atoms with Crippen LogP contribution in [-0.4, -0.2) is 17.6 Å². The van der Waals surface area contributed by atoms with Crippen LogP contribution in [0.5, 0.6) is 0 Å². The Balaban J connectivity index is 0.000000105. The second-order valence-electron chi connectivity index (χ2n) is 5.84. The van der Waals surface area contributed by atoms with Gasteiger partial charge in [-0.25, -0.2) is 0 Å². The van der Waals surface area contributed by atoms with Crippen molar-refractivity contribution < 1.29 is 4.43 Å². The normalized spacial score (nSPS) is 38.9. The lowest BCUT2D eigenvalue weighted by molar-refractivity contribution is 0.460. The van der Waals surface area contributed by atoms with Gasteiger partial charge in [0.1, 0.15) is 10.5 Å². The van der Waals surface area contributed by atoms with Crippen LogP contribution in [0.4, 0.5) is 0 Å². The smallest absolute Gasteiger partial charge is 0.145 e. The number of fused-ring (bicyclic) bond motifs is 4. The maximum atomic E-state index is 4.39. The quantitative estimate of drug-likeness (QED) is 0.474. The maximum Gasteiger partial charge on any atom is 0.145 e. The van der Waals surface area contributed by atoms with Crippen LogP contribution in [0, 0.1) is 23.7 Å². The van der Waals surface area contributed by atoms with Crippen molar-refractivity contribution in [3.8, 4) is 0 Å². The highest BCUT2D eigenvalue weighted by molar-refractivity contribution is 5.97. The van der Waals surface area contributed by atoms with E-state index in [1.54, 1.807) is 7.11 Å². The van der Waals surface area contributed by atoms with Crippen molar-refractivity contribution >= 4 is 10.5 Å². The van der Waals surface area contributed by atoms with E-state index in [9.17, 15) is 0 Å². The molecule has 2 fully saturated rings. The number of allylic oxidation sites excluding steroid dienone is 4. The Kier molecular flexibility index (Phi) is 5.05. The molecule has 4 aliphatic rings. The van der Waals surface area contributed by atoms with Crippen LogP contribution in [0.15, 0.2) is 24.3 Å². The predicted molar refractivity (Wildman–Crippen MR) is 76.9 cm³/mol. The zero-order valence-electron chi connectivity index (χ0n) is 11.3. The SMILES string of the molecule is C1=CC2CCC1C2.C1=CC2CCC1C2.CO[SiH3]. The summed E-state index contributed by atoms with van der Waals surface area (Å²) in [5.41, 5.74) is 0. The lowest BCUT2D eigenvalue weighted by Crippen LogP contribution is -1.82. The fraction of sp³-hybridized carbons (Fsp3) is 0.733. The molecular weight excluding hydrogens is 224 g/mol. The highest BCUT2D eigenvalue weighted by Gasteiger charge is 2.25. The van der Waals surface area contributed by atoms with Crippen molar-refractivity contribution in [3.63, 3.8) is 0 Å². The summed E-state index contributed by atoms with van der Waals surface area (Å²) >= 11 is 0. The van der Waals surface area contributed by atoms with Crippen molar-refractivity contribution in [1.82, 2.24) is 0 Å². The molecule has 4 aliphatic carbocycles. The van der Waals surface area contributed by atoms with Gasteiger partial charge in [0, 0.05) is 7.11 Å². The lowest BCUT2D eigenvalue weighted by Gasteiger charge is -1.96. The van der Waals surface area contributed by atoms with Crippen LogP contribution in [0.2, 0.25) is 0 Å². The molecule has 4 rings (SSSR count). The van der Waals surface area contributed by atoms with Crippen molar-refractivity contribution in [2.45, 2.75) is 38.5 Å². The Labute approximate surface area is 109 Å². The molecule has 0 aromatic heterocycles. The maximum absolute atomic E-state index is 4.39. The van der Waals surface area contributed by atoms with Crippen molar-refractivity contribution in [2.24, 2.45) is 23.7 Å². The summed E-state index contributed by atoms with van der Waals surface area (Å²) in [5, 5.41) is 0. The Morgan fingerprint density at radius 1 is 0.765 bits per heavy atom. The van der Waals surface area contributed by atoms with Crippen LogP contribution >= 0.6 is 0 Å². The molecule has 17 heavy (non-hydrogen) atoms. The van der Waals surface area contributed by atoms with E-state index in [0.29, 0.717) is 0 Å². The van der Waals surface area contributed by atoms with Gasteiger partial charge < -0.3 is 4.43 Å². The Bertz CT molecular complexity index is 233. The first-order valence-corrected chi connectivity index (χ1v) is 7.90. The monoisotopic (exact) mass is 250 g/mol. The van der Waals surface area contributed by atoms with E-state index in [1.807, 2.05) is 0 Å². The van der Waals surface area contributed by atoms with E-state index >= 15 is 0 Å². The zero-order valence-corrected chi connectivity index (χ0v) is 13.3. The average Bonchev–Trinajstić information content (AvgIpc) is 3.13. The standard InChI is InChI=1S/2C7H10.CH6OSi/c2*1-2-7-4-3-6(1)5-7;1-2-3/h2*1-2,6-7H,3-5H2;1,3H3. The minimum Gasteiger partial charge on any atom is -0.431 e. The van der Waals surface area contributed by atoms with Crippen LogP contribution in [-0.2, 0) is 4.43 Å². The lowest BCUT2D eigenvalue weighted by atomic mass is 10.1. The molecule has 4 bridgehead atoms.